The molecule has 2 aromatic carbocycles. The van der Waals surface area contributed by atoms with E-state index in [0.717, 1.165) is 22.7 Å². The maximum atomic E-state index is 10.3. The zero-order chi connectivity index (χ0) is 16.1. The van der Waals surface area contributed by atoms with Crippen molar-refractivity contribution in [3.05, 3.63) is 69.2 Å². The number of nitro benzene ring substituents is 1. The van der Waals surface area contributed by atoms with Gasteiger partial charge in [0.15, 0.2) is 0 Å². The highest BCUT2D eigenvalue weighted by Crippen LogP contribution is 2.20. The highest BCUT2D eigenvalue weighted by atomic mass is 32.1. The number of benzene rings is 2. The van der Waals surface area contributed by atoms with Crippen LogP contribution in [0.4, 0.5) is 5.69 Å². The molecule has 111 valence electrons. The van der Waals surface area contributed by atoms with Crippen LogP contribution in [0.15, 0.2) is 48.5 Å². The normalized spacial score (nSPS) is 9.86. The molecule has 22 heavy (non-hydrogen) atoms. The molecule has 0 amide bonds. The van der Waals surface area contributed by atoms with Crippen LogP contribution in [0.2, 0.25) is 0 Å². The standard InChI is InChI=1S/C8H7NS.C7H4NO4/c1-6-9-7-4-2-3-5-8(7)10-6;9-7(10)5-3-1-2-4-6(5)8(11)12/h2-5H,1H3;1-4H. The fourth-order valence-electron chi connectivity index (χ4n) is 1.79. The summed E-state index contributed by atoms with van der Waals surface area (Å²) >= 11 is 1.74. The van der Waals surface area contributed by atoms with Gasteiger partial charge in [-0.3, -0.25) is 10.1 Å². The number of carbonyl (C=O) groups excluding carboxylic acids is 1. The van der Waals surface area contributed by atoms with Gasteiger partial charge in [0.25, 0.3) is 5.69 Å². The zero-order valence-electron chi connectivity index (χ0n) is 11.6. The van der Waals surface area contributed by atoms with Crippen molar-refractivity contribution in [2.24, 2.45) is 0 Å². The number of thiazole rings is 1. The summed E-state index contributed by atoms with van der Waals surface area (Å²) in [5.74, 6) is -1.54. The van der Waals surface area contributed by atoms with Gasteiger partial charge in [-0.2, -0.15) is 0 Å². The van der Waals surface area contributed by atoms with E-state index in [1.165, 1.54) is 16.8 Å². The topological polar surface area (TPSA) is 93.0 Å². The summed E-state index contributed by atoms with van der Waals surface area (Å²) in [5, 5.41) is 21.7. The molecule has 0 fully saturated rings. The summed E-state index contributed by atoms with van der Waals surface area (Å²) in [5.41, 5.74) is 0.269. The molecule has 0 saturated carbocycles. The summed E-state index contributed by atoms with van der Waals surface area (Å²) in [6.45, 7) is 2.03. The number of carbonyl (C=O) groups is 1. The number of para-hydroxylation sites is 2. The number of nitrogens with zero attached hydrogens (tertiary/aromatic N) is 2. The average Bonchev–Trinajstić information content (AvgIpc) is 2.87. The lowest BCUT2D eigenvalue weighted by molar-refractivity contribution is -0.385. The molecule has 0 unspecified atom stereocenters. The number of aromatic nitrogens is 1. The Kier molecular flexibility index (Phi) is 4.80. The Hall–Kier alpha value is -2.80. The van der Waals surface area contributed by atoms with E-state index in [4.69, 9.17) is 0 Å². The Labute approximate surface area is 129 Å². The van der Waals surface area contributed by atoms with Gasteiger partial charge < -0.3 is 0 Å². The van der Waals surface area contributed by atoms with Crippen molar-refractivity contribution < 1.29 is 14.8 Å². The molecule has 6 nitrogen and oxygen atoms in total. The Morgan fingerprint density at radius 1 is 1.14 bits per heavy atom. The van der Waals surface area contributed by atoms with Crippen LogP contribution in [0.5, 0.6) is 0 Å². The maximum Gasteiger partial charge on any atom is 0.393 e. The second-order valence-electron chi connectivity index (χ2n) is 4.26. The second-order valence-corrected chi connectivity index (χ2v) is 5.50. The quantitative estimate of drug-likeness (QED) is 0.531. The zero-order valence-corrected chi connectivity index (χ0v) is 12.4. The third kappa shape index (κ3) is 3.64. The summed E-state index contributed by atoms with van der Waals surface area (Å²) in [6, 6.07) is 13.2. The van der Waals surface area contributed by atoms with Crippen LogP contribution < -0.4 is 0 Å². The summed E-state index contributed by atoms with van der Waals surface area (Å²) in [7, 11) is 0. The van der Waals surface area contributed by atoms with E-state index in [9.17, 15) is 20.0 Å². The molecule has 0 N–H and O–H groups in total. The third-order valence-electron chi connectivity index (χ3n) is 2.72. The Bertz CT molecular complexity index is 763. The summed E-state index contributed by atoms with van der Waals surface area (Å²) in [4.78, 5) is 24.1. The summed E-state index contributed by atoms with van der Waals surface area (Å²) < 4.78 is 1.28. The van der Waals surface area contributed by atoms with Gasteiger partial charge >= 0.3 is 5.97 Å². The monoisotopic (exact) mass is 315 g/mol. The van der Waals surface area contributed by atoms with E-state index < -0.39 is 22.1 Å². The highest BCUT2D eigenvalue weighted by molar-refractivity contribution is 7.18. The largest absolute Gasteiger partial charge is 0.393 e. The van der Waals surface area contributed by atoms with Gasteiger partial charge in [0.05, 0.1) is 20.1 Å². The number of hydrogen-bond donors (Lipinski definition) is 0. The van der Waals surface area contributed by atoms with Crippen molar-refractivity contribution in [1.29, 1.82) is 0 Å². The minimum absolute atomic E-state index is 0.400. The lowest BCUT2D eigenvalue weighted by atomic mass is 10.2. The SMILES string of the molecule is Cc1nc2ccccc2s1.[O]C(=O)c1ccccc1[N+](=O)[O-]. The van der Waals surface area contributed by atoms with Crippen molar-refractivity contribution in [1.82, 2.24) is 4.98 Å². The predicted octanol–water partition coefficient (Wildman–Crippen LogP) is 3.77. The summed E-state index contributed by atoms with van der Waals surface area (Å²) in [6.07, 6.45) is 0. The smallest absolute Gasteiger partial charge is 0.258 e. The highest BCUT2D eigenvalue weighted by Gasteiger charge is 2.18. The molecular formula is C15H11N2O4S. The minimum Gasteiger partial charge on any atom is -0.258 e. The van der Waals surface area contributed by atoms with Crippen LogP contribution in [-0.2, 0) is 5.11 Å². The predicted molar refractivity (Wildman–Crippen MR) is 82.5 cm³/mol. The van der Waals surface area contributed by atoms with Crippen LogP contribution in [0.1, 0.15) is 15.4 Å². The second kappa shape index (κ2) is 6.77. The van der Waals surface area contributed by atoms with Gasteiger partial charge in [0.1, 0.15) is 5.56 Å². The Morgan fingerprint density at radius 3 is 2.36 bits per heavy atom. The number of rotatable bonds is 2. The molecule has 3 rings (SSSR count). The van der Waals surface area contributed by atoms with Crippen molar-refractivity contribution in [3.8, 4) is 0 Å². The van der Waals surface area contributed by atoms with Gasteiger partial charge in [-0.05, 0) is 25.1 Å². The van der Waals surface area contributed by atoms with Crippen molar-refractivity contribution in [2.45, 2.75) is 6.92 Å². The van der Waals surface area contributed by atoms with E-state index in [1.807, 2.05) is 25.1 Å². The first kappa shape index (κ1) is 15.6. The van der Waals surface area contributed by atoms with Crippen LogP contribution >= 0.6 is 11.3 Å². The van der Waals surface area contributed by atoms with Gasteiger partial charge in [0, 0.05) is 6.07 Å². The van der Waals surface area contributed by atoms with E-state index in [-0.39, 0.29) is 0 Å². The van der Waals surface area contributed by atoms with Crippen LogP contribution in [0.3, 0.4) is 0 Å². The van der Waals surface area contributed by atoms with Crippen LogP contribution in [0, 0.1) is 17.0 Å². The van der Waals surface area contributed by atoms with E-state index in [1.54, 1.807) is 11.3 Å². The third-order valence-corrected chi connectivity index (χ3v) is 3.67. The molecule has 0 aliphatic carbocycles. The fraction of sp³-hybridized carbons (Fsp3) is 0.0667. The Morgan fingerprint density at radius 2 is 1.77 bits per heavy atom. The first-order valence-electron chi connectivity index (χ1n) is 6.26. The van der Waals surface area contributed by atoms with Crippen molar-refractivity contribution in [2.75, 3.05) is 0 Å². The van der Waals surface area contributed by atoms with E-state index in [0.29, 0.717) is 0 Å². The molecule has 7 heteroatoms. The van der Waals surface area contributed by atoms with Gasteiger partial charge in [-0.1, -0.05) is 24.3 Å². The van der Waals surface area contributed by atoms with Crippen LogP contribution in [0.25, 0.3) is 10.2 Å². The lowest BCUT2D eigenvalue weighted by Crippen LogP contribution is -2.00. The van der Waals surface area contributed by atoms with Gasteiger partial charge in [-0.25, -0.2) is 14.9 Å². The van der Waals surface area contributed by atoms with Crippen molar-refractivity contribution >= 4 is 33.2 Å². The molecule has 1 aromatic heterocycles. The molecule has 0 saturated heterocycles. The molecule has 0 atom stereocenters. The van der Waals surface area contributed by atoms with Crippen LogP contribution in [-0.4, -0.2) is 15.9 Å². The maximum absolute atomic E-state index is 10.3. The van der Waals surface area contributed by atoms with Crippen molar-refractivity contribution in [3.63, 3.8) is 0 Å². The van der Waals surface area contributed by atoms with E-state index >= 15 is 0 Å². The molecule has 1 heterocycles. The first-order valence-corrected chi connectivity index (χ1v) is 7.07. The average molecular weight is 315 g/mol. The number of nitro groups is 1. The first-order chi connectivity index (χ1) is 10.5. The minimum atomic E-state index is -1.54. The van der Waals surface area contributed by atoms with E-state index in [2.05, 4.69) is 11.1 Å². The molecule has 0 aliphatic rings. The molecule has 1 radical (unpaired) electrons. The number of fused-ring (bicyclic) bond motifs is 1. The van der Waals surface area contributed by atoms with Gasteiger partial charge in [-0.15, -0.1) is 11.3 Å². The Balaban J connectivity index is 0.000000162. The molecular weight excluding hydrogens is 304 g/mol. The lowest BCUT2D eigenvalue weighted by Gasteiger charge is -1.93. The molecule has 0 bridgehead atoms. The number of aryl methyl sites for hydroxylation is 1. The molecule has 0 aliphatic heterocycles. The molecule has 3 aromatic rings. The fourth-order valence-corrected chi connectivity index (χ4v) is 2.62. The molecule has 0 spiro atoms. The number of hydrogen-bond acceptors (Lipinski definition) is 5. The van der Waals surface area contributed by atoms with Gasteiger partial charge in [0.2, 0.25) is 0 Å².